The zero-order valence-corrected chi connectivity index (χ0v) is 16.5. The lowest BCUT2D eigenvalue weighted by molar-refractivity contribution is -0.148. The highest BCUT2D eigenvalue weighted by atomic mass is 16.4. The molecule has 27 heavy (non-hydrogen) atoms. The molecule has 5 rings (SSSR count). The zero-order valence-electron chi connectivity index (χ0n) is 16.5. The number of hydrogen-bond donors (Lipinski definition) is 2. The van der Waals surface area contributed by atoms with E-state index >= 15 is 0 Å². The van der Waals surface area contributed by atoms with Crippen LogP contribution in [0.25, 0.3) is 0 Å². The summed E-state index contributed by atoms with van der Waals surface area (Å²) in [6, 6.07) is 0. The average molecular weight is 373 g/mol. The van der Waals surface area contributed by atoms with Gasteiger partial charge in [-0.15, -0.1) is 0 Å². The molecule has 4 saturated carbocycles. The Balaban J connectivity index is 1.48. The number of aliphatic carboxylic acids is 1. The maximum Gasteiger partial charge on any atom is 0.303 e. The predicted octanol–water partition coefficient (Wildman–Crippen LogP) is 3.97. The minimum atomic E-state index is -0.828. The van der Waals surface area contributed by atoms with E-state index in [-0.39, 0.29) is 17.3 Å². The largest absolute Gasteiger partial charge is 0.481 e. The molecule has 0 aromatic rings. The van der Waals surface area contributed by atoms with Crippen molar-refractivity contribution in [3.63, 3.8) is 0 Å². The van der Waals surface area contributed by atoms with Gasteiger partial charge in [0, 0.05) is 12.8 Å². The van der Waals surface area contributed by atoms with Crippen LogP contribution >= 0.6 is 0 Å². The summed E-state index contributed by atoms with van der Waals surface area (Å²) < 4.78 is 0. The van der Waals surface area contributed by atoms with Crippen LogP contribution in [0.5, 0.6) is 0 Å². The van der Waals surface area contributed by atoms with Gasteiger partial charge in [0.15, 0.2) is 5.78 Å². The highest BCUT2D eigenvalue weighted by Gasteiger charge is 2.69. The molecule has 0 spiro atoms. The van der Waals surface area contributed by atoms with Gasteiger partial charge in [0.05, 0.1) is 5.60 Å². The lowest BCUT2D eigenvalue weighted by atomic mass is 9.46. The van der Waals surface area contributed by atoms with Crippen molar-refractivity contribution in [3.8, 4) is 0 Å². The maximum atomic E-state index is 12.1. The summed E-state index contributed by atoms with van der Waals surface area (Å²) in [4.78, 5) is 23.2. The topological polar surface area (TPSA) is 74.6 Å². The fraction of sp³-hybridized carbons (Fsp3) is 0.826. The van der Waals surface area contributed by atoms with E-state index in [4.69, 9.17) is 5.11 Å². The van der Waals surface area contributed by atoms with Gasteiger partial charge in [0.1, 0.15) is 0 Å². The molecular weight excluding hydrogens is 340 g/mol. The number of carboxylic acids is 1. The van der Waals surface area contributed by atoms with Crippen LogP contribution in [-0.4, -0.2) is 27.6 Å². The van der Waals surface area contributed by atoms with Gasteiger partial charge >= 0.3 is 5.97 Å². The average Bonchev–Trinajstić information content (AvgIpc) is 3.35. The first-order valence-corrected chi connectivity index (χ1v) is 10.9. The van der Waals surface area contributed by atoms with Crippen LogP contribution in [0.1, 0.15) is 71.6 Å². The molecule has 0 saturated heterocycles. The number of ketones is 1. The van der Waals surface area contributed by atoms with Crippen molar-refractivity contribution in [2.45, 2.75) is 77.2 Å². The molecular formula is C23H32O4. The monoisotopic (exact) mass is 372 g/mol. The summed E-state index contributed by atoms with van der Waals surface area (Å²) in [5, 5.41) is 20.6. The van der Waals surface area contributed by atoms with Crippen molar-refractivity contribution >= 4 is 11.8 Å². The highest BCUT2D eigenvalue weighted by Crippen LogP contribution is 2.75. The van der Waals surface area contributed by atoms with E-state index in [0.717, 1.165) is 32.1 Å². The molecule has 0 amide bonds. The molecule has 0 aromatic heterocycles. The molecule has 2 N–H and O–H groups in total. The van der Waals surface area contributed by atoms with Gasteiger partial charge in [-0.2, -0.15) is 0 Å². The number of aliphatic hydroxyl groups is 1. The molecule has 5 aliphatic carbocycles. The van der Waals surface area contributed by atoms with E-state index in [9.17, 15) is 14.7 Å². The molecule has 8 atom stereocenters. The molecule has 5 aliphatic rings. The SMILES string of the molecule is CC12CCC(=O)C=C1C1C[C@@H]1C1C3CC[C@@](O)(CCC(=O)O)C3(C)CC[C@@H]12. The third kappa shape index (κ3) is 2.25. The van der Waals surface area contributed by atoms with E-state index < -0.39 is 11.6 Å². The molecule has 0 heterocycles. The first-order valence-electron chi connectivity index (χ1n) is 10.9. The van der Waals surface area contributed by atoms with Crippen molar-refractivity contribution in [2.75, 3.05) is 0 Å². The minimum Gasteiger partial charge on any atom is -0.481 e. The van der Waals surface area contributed by atoms with Gasteiger partial charge in [0.2, 0.25) is 0 Å². The van der Waals surface area contributed by atoms with Crippen LogP contribution in [0.4, 0.5) is 0 Å². The quantitative estimate of drug-likeness (QED) is 0.786. The third-order valence-corrected chi connectivity index (χ3v) is 9.83. The first-order chi connectivity index (χ1) is 12.7. The summed E-state index contributed by atoms with van der Waals surface area (Å²) in [5.74, 6) is 2.56. The Hall–Kier alpha value is -1.16. The van der Waals surface area contributed by atoms with Crippen LogP contribution in [0, 0.1) is 40.4 Å². The van der Waals surface area contributed by atoms with E-state index in [0.29, 0.717) is 48.2 Å². The first kappa shape index (κ1) is 17.9. The van der Waals surface area contributed by atoms with Crippen LogP contribution in [0.2, 0.25) is 0 Å². The molecule has 148 valence electrons. The molecule has 0 aromatic carbocycles. The number of carbonyl (C=O) groups is 2. The highest BCUT2D eigenvalue weighted by molar-refractivity contribution is 5.92. The van der Waals surface area contributed by atoms with Gasteiger partial charge in [-0.1, -0.05) is 19.4 Å². The summed E-state index contributed by atoms with van der Waals surface area (Å²) in [5.41, 5.74) is 0.635. The number of rotatable bonds is 3. The normalized spacial score (nSPS) is 52.9. The molecule has 0 aliphatic heterocycles. The number of fused-ring (bicyclic) bond motifs is 8. The fourth-order valence-electron chi connectivity index (χ4n) is 8.24. The standard InChI is InChI=1S/C23H32O4/c1-21-7-3-13(24)11-18(21)14-12-15(14)20-16(21)4-8-22(2)17(20)5-9-23(22,27)10-6-19(25)26/h11,14-17,20,27H,3-10,12H2,1-2H3,(H,25,26)/t14?,15-,16-,17?,20?,21?,22?,23+/m0/s1. The zero-order chi connectivity index (χ0) is 19.2. The molecule has 0 bridgehead atoms. The Morgan fingerprint density at radius 1 is 1.19 bits per heavy atom. The van der Waals surface area contributed by atoms with Gasteiger partial charge in [0.25, 0.3) is 0 Å². The number of allylic oxidation sites excluding steroid dienone is 1. The Bertz CT molecular complexity index is 741. The van der Waals surface area contributed by atoms with E-state index in [1.807, 2.05) is 6.08 Å². The van der Waals surface area contributed by atoms with Crippen molar-refractivity contribution in [1.82, 2.24) is 0 Å². The third-order valence-electron chi connectivity index (χ3n) is 9.83. The van der Waals surface area contributed by atoms with Gasteiger partial charge < -0.3 is 10.2 Å². The predicted molar refractivity (Wildman–Crippen MR) is 101 cm³/mol. The number of carbonyl (C=O) groups excluding carboxylic acids is 1. The Morgan fingerprint density at radius 3 is 2.67 bits per heavy atom. The Labute approximate surface area is 161 Å². The van der Waals surface area contributed by atoms with Crippen LogP contribution < -0.4 is 0 Å². The van der Waals surface area contributed by atoms with Crippen molar-refractivity contribution < 1.29 is 19.8 Å². The summed E-state index contributed by atoms with van der Waals surface area (Å²) in [6.07, 6.45) is 9.22. The fourth-order valence-corrected chi connectivity index (χ4v) is 8.24. The van der Waals surface area contributed by atoms with Crippen molar-refractivity contribution in [1.29, 1.82) is 0 Å². The maximum absolute atomic E-state index is 12.1. The summed E-state index contributed by atoms with van der Waals surface area (Å²) in [6.45, 7) is 4.66. The van der Waals surface area contributed by atoms with Crippen LogP contribution in [0.15, 0.2) is 11.6 Å². The van der Waals surface area contributed by atoms with Crippen molar-refractivity contribution in [2.24, 2.45) is 40.4 Å². The smallest absolute Gasteiger partial charge is 0.303 e. The second-order valence-electron chi connectivity index (χ2n) is 10.7. The second kappa shape index (κ2) is 5.46. The minimum absolute atomic E-state index is 0.0612. The van der Waals surface area contributed by atoms with E-state index in [1.54, 1.807) is 0 Å². The van der Waals surface area contributed by atoms with Crippen LogP contribution in [-0.2, 0) is 9.59 Å². The lowest BCUT2D eigenvalue weighted by Crippen LogP contribution is -2.55. The Morgan fingerprint density at radius 2 is 1.93 bits per heavy atom. The molecule has 4 fully saturated rings. The van der Waals surface area contributed by atoms with Gasteiger partial charge in [-0.3, -0.25) is 9.59 Å². The van der Waals surface area contributed by atoms with Gasteiger partial charge in [-0.05, 0) is 91.4 Å². The summed E-state index contributed by atoms with van der Waals surface area (Å²) >= 11 is 0. The van der Waals surface area contributed by atoms with Crippen molar-refractivity contribution in [3.05, 3.63) is 11.6 Å². The number of carboxylic acid groups (broad SMARTS) is 1. The molecule has 4 nitrogen and oxygen atoms in total. The second-order valence-corrected chi connectivity index (χ2v) is 10.7. The van der Waals surface area contributed by atoms with Gasteiger partial charge in [-0.25, -0.2) is 0 Å². The van der Waals surface area contributed by atoms with E-state index in [2.05, 4.69) is 13.8 Å². The molecule has 4 heteroatoms. The number of hydrogen-bond acceptors (Lipinski definition) is 3. The summed E-state index contributed by atoms with van der Waals surface area (Å²) in [7, 11) is 0. The molecule has 5 unspecified atom stereocenters. The van der Waals surface area contributed by atoms with E-state index in [1.165, 1.54) is 12.0 Å². The lowest BCUT2D eigenvalue weighted by Gasteiger charge is -2.59. The molecule has 0 radical (unpaired) electrons. The Kier molecular flexibility index (Phi) is 3.62. The van der Waals surface area contributed by atoms with Crippen LogP contribution in [0.3, 0.4) is 0 Å².